The minimum atomic E-state index is 0.0803. The number of hydrogen-bond donors (Lipinski definition) is 2. The number of carbonyl (C=O) groups excluding carboxylic acids is 1. The first kappa shape index (κ1) is 13.5. The highest BCUT2D eigenvalue weighted by Crippen LogP contribution is 2.20. The van der Waals surface area contributed by atoms with Crippen molar-refractivity contribution in [2.24, 2.45) is 0 Å². The Morgan fingerprint density at radius 2 is 2.12 bits per heavy atom. The molecule has 1 saturated carbocycles. The molecule has 1 fully saturated rings. The summed E-state index contributed by atoms with van der Waals surface area (Å²) in [5.41, 5.74) is 0. The Morgan fingerprint density at radius 1 is 1.44 bits per heavy atom. The number of ether oxygens (including phenoxy) is 1. The van der Waals surface area contributed by atoms with Gasteiger partial charge in [0.05, 0.1) is 12.7 Å². The van der Waals surface area contributed by atoms with Crippen LogP contribution in [-0.2, 0) is 9.53 Å². The molecule has 94 valence electrons. The first-order valence-corrected chi connectivity index (χ1v) is 6.28. The fourth-order valence-corrected chi connectivity index (χ4v) is 2.04. The van der Waals surface area contributed by atoms with E-state index in [1.165, 1.54) is 25.7 Å². The van der Waals surface area contributed by atoms with Crippen molar-refractivity contribution >= 4 is 5.91 Å². The summed E-state index contributed by atoms with van der Waals surface area (Å²) in [5.74, 6) is 0.0803. The minimum absolute atomic E-state index is 0.0803. The van der Waals surface area contributed by atoms with Gasteiger partial charge in [-0.2, -0.15) is 0 Å². The van der Waals surface area contributed by atoms with E-state index < -0.39 is 0 Å². The van der Waals surface area contributed by atoms with Gasteiger partial charge in [0.2, 0.25) is 5.91 Å². The molecule has 1 atom stereocenters. The molecule has 4 heteroatoms. The second-order valence-electron chi connectivity index (χ2n) is 4.51. The van der Waals surface area contributed by atoms with Gasteiger partial charge in [-0.25, -0.2) is 0 Å². The predicted molar refractivity (Wildman–Crippen MR) is 64.4 cm³/mol. The lowest BCUT2D eigenvalue weighted by atomic mass is 10.2. The van der Waals surface area contributed by atoms with E-state index in [9.17, 15) is 4.79 Å². The maximum atomic E-state index is 11.1. The third kappa shape index (κ3) is 5.47. The zero-order valence-corrected chi connectivity index (χ0v) is 10.4. The van der Waals surface area contributed by atoms with Gasteiger partial charge < -0.3 is 15.4 Å². The van der Waals surface area contributed by atoms with E-state index in [1.54, 1.807) is 7.05 Å². The summed E-state index contributed by atoms with van der Waals surface area (Å²) in [7, 11) is 1.66. The largest absolute Gasteiger partial charge is 0.377 e. The van der Waals surface area contributed by atoms with Crippen molar-refractivity contribution in [1.82, 2.24) is 10.6 Å². The van der Waals surface area contributed by atoms with Gasteiger partial charge >= 0.3 is 0 Å². The molecule has 1 unspecified atom stereocenters. The van der Waals surface area contributed by atoms with Crippen molar-refractivity contribution in [2.75, 3.05) is 20.2 Å². The predicted octanol–water partition coefficient (Wildman–Crippen LogP) is 1.06. The molecule has 1 aliphatic rings. The van der Waals surface area contributed by atoms with E-state index in [-0.39, 0.29) is 11.9 Å². The smallest absolute Gasteiger partial charge is 0.221 e. The molecular formula is C12H24N2O2. The number of amides is 1. The third-order valence-electron chi connectivity index (χ3n) is 3.02. The monoisotopic (exact) mass is 228 g/mol. The first-order chi connectivity index (χ1) is 7.72. The Labute approximate surface area is 98.1 Å². The molecule has 0 spiro atoms. The lowest BCUT2D eigenvalue weighted by Gasteiger charge is -2.15. The van der Waals surface area contributed by atoms with Gasteiger partial charge in [0.1, 0.15) is 0 Å². The van der Waals surface area contributed by atoms with E-state index in [2.05, 4.69) is 10.6 Å². The van der Waals surface area contributed by atoms with Crippen LogP contribution in [0.4, 0.5) is 0 Å². The summed E-state index contributed by atoms with van der Waals surface area (Å²) in [4.78, 5) is 11.1. The molecule has 0 aromatic rings. The quantitative estimate of drug-likeness (QED) is 0.641. The minimum Gasteiger partial charge on any atom is -0.377 e. The molecule has 1 aliphatic carbocycles. The van der Waals surface area contributed by atoms with Crippen molar-refractivity contribution in [2.45, 2.75) is 51.2 Å². The Hall–Kier alpha value is -0.610. The SMILES string of the molecule is CNC(=O)CC(C)NCCOC1CCCC1. The van der Waals surface area contributed by atoms with Crippen molar-refractivity contribution in [3.05, 3.63) is 0 Å². The summed E-state index contributed by atoms with van der Waals surface area (Å²) >= 11 is 0. The maximum absolute atomic E-state index is 11.1. The lowest BCUT2D eigenvalue weighted by molar-refractivity contribution is -0.121. The van der Waals surface area contributed by atoms with Crippen LogP contribution in [0.3, 0.4) is 0 Å². The van der Waals surface area contributed by atoms with E-state index >= 15 is 0 Å². The van der Waals surface area contributed by atoms with Gasteiger partial charge in [0, 0.05) is 26.1 Å². The van der Waals surface area contributed by atoms with Crippen molar-refractivity contribution < 1.29 is 9.53 Å². The van der Waals surface area contributed by atoms with Gasteiger partial charge in [0.25, 0.3) is 0 Å². The molecule has 1 rings (SSSR count). The van der Waals surface area contributed by atoms with Crippen LogP contribution < -0.4 is 10.6 Å². The Balaban J connectivity index is 1.95. The molecule has 0 saturated heterocycles. The Kier molecular flexibility index (Phi) is 6.42. The topological polar surface area (TPSA) is 50.4 Å². The van der Waals surface area contributed by atoms with Crippen molar-refractivity contribution in [3.8, 4) is 0 Å². The first-order valence-electron chi connectivity index (χ1n) is 6.28. The average molecular weight is 228 g/mol. The van der Waals surface area contributed by atoms with Crippen LogP contribution >= 0.6 is 0 Å². The lowest BCUT2D eigenvalue weighted by Crippen LogP contribution is -2.34. The molecule has 0 radical (unpaired) electrons. The fraction of sp³-hybridized carbons (Fsp3) is 0.917. The van der Waals surface area contributed by atoms with Crippen LogP contribution in [0.25, 0.3) is 0 Å². The molecule has 0 heterocycles. The zero-order valence-electron chi connectivity index (χ0n) is 10.4. The molecule has 0 bridgehead atoms. The van der Waals surface area contributed by atoms with Crippen LogP contribution in [0, 0.1) is 0 Å². The van der Waals surface area contributed by atoms with Gasteiger partial charge in [0.15, 0.2) is 0 Å². The average Bonchev–Trinajstić information content (AvgIpc) is 2.77. The van der Waals surface area contributed by atoms with Crippen LogP contribution in [0.15, 0.2) is 0 Å². The standard InChI is InChI=1S/C12H24N2O2/c1-10(9-12(15)13-2)14-7-8-16-11-5-3-4-6-11/h10-11,14H,3-9H2,1-2H3,(H,13,15). The summed E-state index contributed by atoms with van der Waals surface area (Å²) in [5, 5.41) is 5.91. The van der Waals surface area contributed by atoms with Crippen LogP contribution in [0.2, 0.25) is 0 Å². The maximum Gasteiger partial charge on any atom is 0.221 e. The second kappa shape index (κ2) is 7.63. The molecule has 0 aromatic heterocycles. The highest BCUT2D eigenvalue weighted by molar-refractivity contribution is 5.76. The van der Waals surface area contributed by atoms with E-state index in [0.717, 1.165) is 13.2 Å². The summed E-state index contributed by atoms with van der Waals surface area (Å²) in [6.45, 7) is 3.60. The van der Waals surface area contributed by atoms with Gasteiger partial charge in [-0.15, -0.1) is 0 Å². The fourth-order valence-electron chi connectivity index (χ4n) is 2.04. The zero-order chi connectivity index (χ0) is 11.8. The Morgan fingerprint density at radius 3 is 2.75 bits per heavy atom. The van der Waals surface area contributed by atoms with Crippen LogP contribution in [0.5, 0.6) is 0 Å². The number of rotatable bonds is 7. The number of carbonyl (C=O) groups is 1. The van der Waals surface area contributed by atoms with Crippen LogP contribution in [-0.4, -0.2) is 38.3 Å². The highest BCUT2D eigenvalue weighted by Gasteiger charge is 2.14. The van der Waals surface area contributed by atoms with Crippen molar-refractivity contribution in [1.29, 1.82) is 0 Å². The van der Waals surface area contributed by atoms with E-state index in [1.807, 2.05) is 6.92 Å². The summed E-state index contributed by atoms with van der Waals surface area (Å²) in [6, 6.07) is 0.215. The Bertz CT molecular complexity index is 203. The van der Waals surface area contributed by atoms with Gasteiger partial charge in [-0.1, -0.05) is 12.8 Å². The molecule has 2 N–H and O–H groups in total. The summed E-state index contributed by atoms with van der Waals surface area (Å²) < 4.78 is 5.72. The molecule has 0 aromatic carbocycles. The van der Waals surface area contributed by atoms with E-state index in [0.29, 0.717) is 12.5 Å². The number of nitrogens with one attached hydrogen (secondary N) is 2. The summed E-state index contributed by atoms with van der Waals surface area (Å²) in [6.07, 6.45) is 6.06. The van der Waals surface area contributed by atoms with Crippen molar-refractivity contribution in [3.63, 3.8) is 0 Å². The third-order valence-corrected chi connectivity index (χ3v) is 3.02. The molecule has 4 nitrogen and oxygen atoms in total. The second-order valence-corrected chi connectivity index (χ2v) is 4.51. The van der Waals surface area contributed by atoms with Gasteiger partial charge in [-0.05, 0) is 19.8 Å². The normalized spacial score (nSPS) is 18.6. The van der Waals surface area contributed by atoms with Crippen LogP contribution in [0.1, 0.15) is 39.0 Å². The molecule has 1 amide bonds. The number of hydrogen-bond acceptors (Lipinski definition) is 3. The molecule has 16 heavy (non-hydrogen) atoms. The molecule has 0 aliphatic heterocycles. The van der Waals surface area contributed by atoms with Gasteiger partial charge in [-0.3, -0.25) is 4.79 Å². The van der Waals surface area contributed by atoms with E-state index in [4.69, 9.17) is 4.74 Å². The highest BCUT2D eigenvalue weighted by atomic mass is 16.5. The molecular weight excluding hydrogens is 204 g/mol.